The molecule has 2 aromatic rings. The monoisotopic (exact) mass is 474 g/mol. The first-order valence-corrected chi connectivity index (χ1v) is 8.86. The van der Waals surface area contributed by atoms with Crippen molar-refractivity contribution in [2.45, 2.75) is 25.8 Å². The van der Waals surface area contributed by atoms with Crippen molar-refractivity contribution in [3.8, 4) is 0 Å². The van der Waals surface area contributed by atoms with Crippen LogP contribution in [0.5, 0.6) is 0 Å². The number of furan rings is 1. The van der Waals surface area contributed by atoms with Crippen molar-refractivity contribution in [3.63, 3.8) is 0 Å². The molecule has 1 aliphatic heterocycles. The van der Waals surface area contributed by atoms with Crippen molar-refractivity contribution in [1.82, 2.24) is 25.6 Å². The molecule has 144 valence electrons. The Balaban J connectivity index is 0.00000243. The predicted molar refractivity (Wildman–Crippen MR) is 110 cm³/mol. The second-order valence-corrected chi connectivity index (χ2v) is 6.12. The third-order valence-electron chi connectivity index (χ3n) is 4.10. The van der Waals surface area contributed by atoms with Gasteiger partial charge in [-0.05, 0) is 25.0 Å². The average Bonchev–Trinajstić information content (AvgIpc) is 3.39. The molecule has 1 aliphatic rings. The van der Waals surface area contributed by atoms with E-state index < -0.39 is 0 Å². The first kappa shape index (κ1) is 20.7. The molecular weight excluding hydrogens is 447 g/mol. The Morgan fingerprint density at radius 1 is 1.35 bits per heavy atom. The van der Waals surface area contributed by atoms with E-state index in [4.69, 9.17) is 14.1 Å². The van der Waals surface area contributed by atoms with Gasteiger partial charge in [0, 0.05) is 51.3 Å². The molecular formula is C17H27IN6O2. The minimum Gasteiger partial charge on any atom is -0.469 e. The van der Waals surface area contributed by atoms with E-state index >= 15 is 0 Å². The van der Waals surface area contributed by atoms with Gasteiger partial charge in [-0.3, -0.25) is 9.67 Å². The highest BCUT2D eigenvalue weighted by Gasteiger charge is 2.15. The first-order valence-electron chi connectivity index (χ1n) is 8.86. The molecule has 26 heavy (non-hydrogen) atoms. The lowest BCUT2D eigenvalue weighted by Crippen LogP contribution is -2.39. The molecule has 1 atom stereocenters. The van der Waals surface area contributed by atoms with Crippen LogP contribution in [0, 0.1) is 5.92 Å². The number of ether oxygens (including phenoxy) is 1. The van der Waals surface area contributed by atoms with Crippen LogP contribution in [0.15, 0.2) is 40.2 Å². The Labute approximate surface area is 170 Å². The smallest absolute Gasteiger partial charge is 0.191 e. The zero-order chi connectivity index (χ0) is 17.2. The summed E-state index contributed by atoms with van der Waals surface area (Å²) in [5.41, 5.74) is 0. The van der Waals surface area contributed by atoms with E-state index in [1.165, 1.54) is 0 Å². The lowest BCUT2D eigenvalue weighted by atomic mass is 10.1. The predicted octanol–water partition coefficient (Wildman–Crippen LogP) is 1.69. The average molecular weight is 474 g/mol. The summed E-state index contributed by atoms with van der Waals surface area (Å²) in [5, 5.41) is 14.5. The highest BCUT2D eigenvalue weighted by atomic mass is 127. The van der Waals surface area contributed by atoms with Gasteiger partial charge in [0.25, 0.3) is 0 Å². The van der Waals surface area contributed by atoms with E-state index in [9.17, 15) is 0 Å². The Hall–Kier alpha value is -1.62. The first-order chi connectivity index (χ1) is 12.4. The van der Waals surface area contributed by atoms with Gasteiger partial charge in [-0.1, -0.05) is 5.21 Å². The summed E-state index contributed by atoms with van der Waals surface area (Å²) < 4.78 is 12.6. The molecule has 2 N–H and O–H groups in total. The minimum absolute atomic E-state index is 0. The second-order valence-electron chi connectivity index (χ2n) is 6.12. The Morgan fingerprint density at radius 2 is 2.27 bits per heavy atom. The Morgan fingerprint density at radius 3 is 3.00 bits per heavy atom. The summed E-state index contributed by atoms with van der Waals surface area (Å²) in [6, 6.07) is 3.90. The van der Waals surface area contributed by atoms with E-state index in [0.29, 0.717) is 5.92 Å². The van der Waals surface area contributed by atoms with E-state index in [1.54, 1.807) is 12.5 Å². The van der Waals surface area contributed by atoms with E-state index in [1.807, 2.05) is 23.0 Å². The van der Waals surface area contributed by atoms with Crippen molar-refractivity contribution in [2.75, 3.05) is 32.8 Å². The molecule has 3 rings (SSSR count). The number of aromatic nitrogens is 3. The van der Waals surface area contributed by atoms with Gasteiger partial charge in [0.1, 0.15) is 5.76 Å². The number of nitrogens with one attached hydrogen (secondary N) is 2. The van der Waals surface area contributed by atoms with Crippen LogP contribution < -0.4 is 10.6 Å². The largest absolute Gasteiger partial charge is 0.469 e. The van der Waals surface area contributed by atoms with E-state index in [0.717, 1.165) is 70.4 Å². The van der Waals surface area contributed by atoms with Crippen LogP contribution in [0.25, 0.3) is 0 Å². The number of guanidine groups is 1. The molecule has 1 saturated heterocycles. The number of hydrogen-bond donors (Lipinski definition) is 2. The summed E-state index contributed by atoms with van der Waals surface area (Å²) in [7, 11) is 0. The lowest BCUT2D eigenvalue weighted by molar-refractivity contribution is 0.187. The van der Waals surface area contributed by atoms with Gasteiger partial charge in [0.15, 0.2) is 5.96 Å². The van der Waals surface area contributed by atoms with Crippen LogP contribution in [0.4, 0.5) is 0 Å². The number of halogens is 1. The molecule has 9 heteroatoms. The van der Waals surface area contributed by atoms with Gasteiger partial charge < -0.3 is 19.8 Å². The van der Waals surface area contributed by atoms with Crippen LogP contribution in [-0.4, -0.2) is 53.8 Å². The molecule has 8 nitrogen and oxygen atoms in total. The molecule has 0 amide bonds. The van der Waals surface area contributed by atoms with E-state index in [-0.39, 0.29) is 24.0 Å². The van der Waals surface area contributed by atoms with Gasteiger partial charge in [0.2, 0.25) is 0 Å². The van der Waals surface area contributed by atoms with Gasteiger partial charge in [0.05, 0.1) is 19.1 Å². The van der Waals surface area contributed by atoms with Crippen molar-refractivity contribution >= 4 is 29.9 Å². The van der Waals surface area contributed by atoms with Crippen LogP contribution in [0.1, 0.15) is 18.6 Å². The van der Waals surface area contributed by atoms with Crippen LogP contribution in [-0.2, 0) is 17.7 Å². The number of rotatable bonds is 9. The van der Waals surface area contributed by atoms with Crippen LogP contribution >= 0.6 is 24.0 Å². The maximum absolute atomic E-state index is 5.42. The molecule has 3 heterocycles. The highest BCUT2D eigenvalue weighted by Crippen LogP contribution is 2.12. The summed E-state index contributed by atoms with van der Waals surface area (Å²) >= 11 is 0. The quantitative estimate of drug-likeness (QED) is 0.249. The zero-order valence-electron chi connectivity index (χ0n) is 14.8. The Bertz CT molecular complexity index is 611. The summed E-state index contributed by atoms with van der Waals surface area (Å²) in [4.78, 5) is 4.71. The van der Waals surface area contributed by atoms with Crippen molar-refractivity contribution in [1.29, 1.82) is 0 Å². The lowest BCUT2D eigenvalue weighted by Gasteiger charge is -2.13. The van der Waals surface area contributed by atoms with Crippen LogP contribution in [0.2, 0.25) is 0 Å². The molecule has 0 spiro atoms. The Kier molecular flexibility index (Phi) is 9.46. The van der Waals surface area contributed by atoms with E-state index in [2.05, 4.69) is 20.9 Å². The fourth-order valence-corrected chi connectivity index (χ4v) is 2.68. The molecule has 0 bridgehead atoms. The molecule has 0 saturated carbocycles. The minimum atomic E-state index is 0. The fourth-order valence-electron chi connectivity index (χ4n) is 2.68. The summed E-state index contributed by atoms with van der Waals surface area (Å²) in [6.07, 6.45) is 8.15. The summed E-state index contributed by atoms with van der Waals surface area (Å²) in [5.74, 6) is 2.35. The molecule has 2 aromatic heterocycles. The molecule has 0 radical (unpaired) electrons. The number of nitrogens with zero attached hydrogens (tertiary/aromatic N) is 4. The highest BCUT2D eigenvalue weighted by molar-refractivity contribution is 14.0. The molecule has 0 aliphatic carbocycles. The van der Waals surface area contributed by atoms with Crippen molar-refractivity contribution in [2.24, 2.45) is 10.9 Å². The van der Waals surface area contributed by atoms with Crippen molar-refractivity contribution in [3.05, 3.63) is 36.5 Å². The third-order valence-corrected chi connectivity index (χ3v) is 4.10. The van der Waals surface area contributed by atoms with Gasteiger partial charge in [-0.15, -0.1) is 29.1 Å². The van der Waals surface area contributed by atoms with Crippen molar-refractivity contribution < 1.29 is 9.15 Å². The normalized spacial score (nSPS) is 17.1. The third kappa shape index (κ3) is 7.32. The van der Waals surface area contributed by atoms with Gasteiger partial charge in [-0.2, -0.15) is 0 Å². The number of aliphatic imine (C=N–C) groups is 1. The molecule has 1 unspecified atom stereocenters. The maximum Gasteiger partial charge on any atom is 0.191 e. The number of aryl methyl sites for hydroxylation is 1. The summed E-state index contributed by atoms with van der Waals surface area (Å²) in [6.45, 7) is 4.90. The standard InChI is InChI=1S/C17H26N6O2.HI/c1-3-16(25-11-1)4-7-19-17(20-13-15-5-12-24-14-15)18-6-2-9-23-10-8-21-22-23;/h1,3,8,10-11,15H,2,4-7,9,12-14H2,(H2,18,19,20);1H. The fraction of sp³-hybridized carbons (Fsp3) is 0.588. The SMILES string of the molecule is I.c1coc(CCNC(=NCC2CCOC2)NCCCn2ccnn2)c1. The molecule has 1 fully saturated rings. The van der Waals surface area contributed by atoms with Gasteiger partial charge in [-0.25, -0.2) is 0 Å². The number of hydrogen-bond acceptors (Lipinski definition) is 5. The topological polar surface area (TPSA) is 89.5 Å². The second kappa shape index (κ2) is 11.9. The zero-order valence-corrected chi connectivity index (χ0v) is 17.2. The van der Waals surface area contributed by atoms with Gasteiger partial charge >= 0.3 is 0 Å². The maximum atomic E-state index is 5.42. The molecule has 0 aromatic carbocycles. The van der Waals surface area contributed by atoms with Crippen LogP contribution in [0.3, 0.4) is 0 Å².